The fourth-order valence-electron chi connectivity index (χ4n) is 1.91. The van der Waals surface area contributed by atoms with Crippen LogP contribution in [0, 0.1) is 0 Å². The molecule has 0 radical (unpaired) electrons. The van der Waals surface area contributed by atoms with Crippen molar-refractivity contribution in [3.8, 4) is 17.2 Å². The molecule has 1 N–H and O–H groups in total. The first kappa shape index (κ1) is 15.2. The molecule has 0 saturated carbocycles. The van der Waals surface area contributed by atoms with Crippen molar-refractivity contribution < 1.29 is 19.0 Å². The van der Waals surface area contributed by atoms with E-state index in [-0.39, 0.29) is 5.91 Å². The van der Waals surface area contributed by atoms with Crippen molar-refractivity contribution >= 4 is 17.2 Å². The first-order valence-corrected chi connectivity index (χ1v) is 7.18. The van der Waals surface area contributed by atoms with E-state index in [0.717, 1.165) is 5.56 Å². The Bertz CT molecular complexity index is 585. The van der Waals surface area contributed by atoms with Gasteiger partial charge in [0.2, 0.25) is 5.75 Å². The fraction of sp³-hybridized carbons (Fsp3) is 0.267. The summed E-state index contributed by atoms with van der Waals surface area (Å²) < 4.78 is 15.8. The molecule has 0 aliphatic rings. The van der Waals surface area contributed by atoms with Gasteiger partial charge in [0, 0.05) is 6.54 Å². The fourth-order valence-corrected chi connectivity index (χ4v) is 2.55. The zero-order chi connectivity index (χ0) is 15.2. The Morgan fingerprint density at radius 2 is 1.81 bits per heavy atom. The zero-order valence-corrected chi connectivity index (χ0v) is 13.0. The predicted molar refractivity (Wildman–Crippen MR) is 81.6 cm³/mol. The van der Waals surface area contributed by atoms with Gasteiger partial charge in [-0.15, -0.1) is 11.3 Å². The average molecular weight is 307 g/mol. The van der Waals surface area contributed by atoms with Crippen LogP contribution in [0.25, 0.3) is 0 Å². The molecule has 6 heteroatoms. The van der Waals surface area contributed by atoms with Gasteiger partial charge in [-0.25, -0.2) is 0 Å². The molecule has 2 aromatic rings. The Kier molecular flexibility index (Phi) is 5.05. The second-order valence-electron chi connectivity index (χ2n) is 4.19. The maximum Gasteiger partial charge on any atom is 0.261 e. The van der Waals surface area contributed by atoms with E-state index in [1.54, 1.807) is 27.4 Å². The van der Waals surface area contributed by atoms with E-state index in [1.807, 2.05) is 23.6 Å². The Morgan fingerprint density at radius 3 is 2.29 bits per heavy atom. The van der Waals surface area contributed by atoms with Gasteiger partial charge in [0.1, 0.15) is 0 Å². The van der Waals surface area contributed by atoms with Crippen molar-refractivity contribution in [2.75, 3.05) is 21.3 Å². The summed E-state index contributed by atoms with van der Waals surface area (Å²) in [6.45, 7) is 0.382. The molecule has 1 heterocycles. The van der Waals surface area contributed by atoms with Gasteiger partial charge in [-0.05, 0) is 29.1 Å². The first-order valence-electron chi connectivity index (χ1n) is 6.30. The van der Waals surface area contributed by atoms with Gasteiger partial charge in [-0.1, -0.05) is 6.07 Å². The van der Waals surface area contributed by atoms with Gasteiger partial charge < -0.3 is 19.5 Å². The highest BCUT2D eigenvalue weighted by molar-refractivity contribution is 7.12. The summed E-state index contributed by atoms with van der Waals surface area (Å²) in [4.78, 5) is 12.6. The van der Waals surface area contributed by atoms with E-state index in [0.29, 0.717) is 28.7 Å². The SMILES string of the molecule is COc1cc(CNC(=O)c2cccs2)cc(OC)c1OC. The number of thiophene rings is 1. The third-order valence-electron chi connectivity index (χ3n) is 2.92. The quantitative estimate of drug-likeness (QED) is 0.891. The molecule has 0 saturated heterocycles. The van der Waals surface area contributed by atoms with E-state index in [9.17, 15) is 4.79 Å². The molecular formula is C15H17NO4S. The highest BCUT2D eigenvalue weighted by Crippen LogP contribution is 2.38. The molecule has 0 aliphatic carbocycles. The molecule has 1 aromatic heterocycles. The number of benzene rings is 1. The number of hydrogen-bond donors (Lipinski definition) is 1. The summed E-state index contributed by atoms with van der Waals surface area (Å²) in [5.41, 5.74) is 0.870. The van der Waals surface area contributed by atoms with Crippen LogP contribution in [0.3, 0.4) is 0 Å². The van der Waals surface area contributed by atoms with Crippen LogP contribution < -0.4 is 19.5 Å². The highest BCUT2D eigenvalue weighted by Gasteiger charge is 2.14. The highest BCUT2D eigenvalue weighted by atomic mass is 32.1. The van der Waals surface area contributed by atoms with Crippen molar-refractivity contribution in [1.29, 1.82) is 0 Å². The van der Waals surface area contributed by atoms with Crippen molar-refractivity contribution in [1.82, 2.24) is 5.32 Å². The van der Waals surface area contributed by atoms with E-state index in [4.69, 9.17) is 14.2 Å². The Balaban J connectivity index is 2.15. The second kappa shape index (κ2) is 6.99. The Hall–Kier alpha value is -2.21. The lowest BCUT2D eigenvalue weighted by molar-refractivity contribution is 0.0955. The summed E-state index contributed by atoms with van der Waals surface area (Å²) in [5.74, 6) is 1.57. The number of nitrogens with one attached hydrogen (secondary N) is 1. The van der Waals surface area contributed by atoms with E-state index >= 15 is 0 Å². The smallest absolute Gasteiger partial charge is 0.261 e. The molecule has 0 bridgehead atoms. The third-order valence-corrected chi connectivity index (χ3v) is 3.79. The van der Waals surface area contributed by atoms with Crippen LogP contribution in [0.1, 0.15) is 15.2 Å². The number of ether oxygens (including phenoxy) is 3. The maximum absolute atomic E-state index is 11.9. The first-order chi connectivity index (χ1) is 10.2. The van der Waals surface area contributed by atoms with Crippen molar-refractivity contribution in [3.05, 3.63) is 40.1 Å². The van der Waals surface area contributed by atoms with Gasteiger partial charge >= 0.3 is 0 Å². The topological polar surface area (TPSA) is 56.8 Å². The maximum atomic E-state index is 11.9. The number of methoxy groups -OCH3 is 3. The van der Waals surface area contributed by atoms with Gasteiger partial charge in [-0.2, -0.15) is 0 Å². The molecule has 5 nitrogen and oxygen atoms in total. The molecule has 112 valence electrons. The summed E-state index contributed by atoms with van der Waals surface area (Å²) in [5, 5.41) is 4.73. The van der Waals surface area contributed by atoms with E-state index in [2.05, 4.69) is 5.32 Å². The molecule has 21 heavy (non-hydrogen) atoms. The second-order valence-corrected chi connectivity index (χ2v) is 5.14. The van der Waals surface area contributed by atoms with E-state index in [1.165, 1.54) is 11.3 Å². The van der Waals surface area contributed by atoms with Crippen LogP contribution in [0.5, 0.6) is 17.2 Å². The molecular weight excluding hydrogens is 290 g/mol. The van der Waals surface area contributed by atoms with E-state index < -0.39 is 0 Å². The van der Waals surface area contributed by atoms with Crippen molar-refractivity contribution in [2.45, 2.75) is 6.54 Å². The largest absolute Gasteiger partial charge is 0.493 e. The van der Waals surface area contributed by atoms with Gasteiger partial charge in [0.15, 0.2) is 11.5 Å². The molecule has 1 amide bonds. The third kappa shape index (κ3) is 3.46. The number of carbonyl (C=O) groups is 1. The van der Waals surface area contributed by atoms with Gasteiger partial charge in [0.25, 0.3) is 5.91 Å². The van der Waals surface area contributed by atoms with Crippen LogP contribution >= 0.6 is 11.3 Å². The predicted octanol–water partition coefficient (Wildman–Crippen LogP) is 2.70. The zero-order valence-electron chi connectivity index (χ0n) is 12.1. The minimum Gasteiger partial charge on any atom is -0.493 e. The minimum absolute atomic E-state index is 0.0984. The average Bonchev–Trinajstić information content (AvgIpc) is 3.05. The molecule has 2 rings (SSSR count). The van der Waals surface area contributed by atoms with Crippen LogP contribution in [-0.4, -0.2) is 27.2 Å². The standard InChI is InChI=1S/C15H17NO4S/c1-18-11-7-10(8-12(19-2)14(11)20-3)9-16-15(17)13-5-4-6-21-13/h4-8H,9H2,1-3H3,(H,16,17). The Labute approximate surface area is 127 Å². The van der Waals surface area contributed by atoms with Crippen LogP contribution in [0.15, 0.2) is 29.6 Å². The normalized spacial score (nSPS) is 10.0. The van der Waals surface area contributed by atoms with Crippen LogP contribution in [-0.2, 0) is 6.54 Å². The number of rotatable bonds is 6. The number of hydrogen-bond acceptors (Lipinski definition) is 5. The monoisotopic (exact) mass is 307 g/mol. The Morgan fingerprint density at radius 1 is 1.14 bits per heavy atom. The number of amides is 1. The summed E-state index contributed by atoms with van der Waals surface area (Å²) in [6, 6.07) is 7.26. The molecule has 0 spiro atoms. The molecule has 0 unspecified atom stereocenters. The lowest BCUT2D eigenvalue weighted by Gasteiger charge is -2.14. The summed E-state index contributed by atoms with van der Waals surface area (Å²) in [7, 11) is 4.68. The van der Waals surface area contributed by atoms with Crippen LogP contribution in [0.2, 0.25) is 0 Å². The van der Waals surface area contributed by atoms with Crippen LogP contribution in [0.4, 0.5) is 0 Å². The lowest BCUT2D eigenvalue weighted by Crippen LogP contribution is -2.21. The lowest BCUT2D eigenvalue weighted by atomic mass is 10.1. The summed E-state index contributed by atoms with van der Waals surface area (Å²) in [6.07, 6.45) is 0. The minimum atomic E-state index is -0.0984. The molecule has 1 aromatic carbocycles. The van der Waals surface area contributed by atoms with Gasteiger partial charge in [0.05, 0.1) is 26.2 Å². The van der Waals surface area contributed by atoms with Crippen molar-refractivity contribution in [2.24, 2.45) is 0 Å². The van der Waals surface area contributed by atoms with Gasteiger partial charge in [-0.3, -0.25) is 4.79 Å². The summed E-state index contributed by atoms with van der Waals surface area (Å²) >= 11 is 1.41. The van der Waals surface area contributed by atoms with Crippen molar-refractivity contribution in [3.63, 3.8) is 0 Å². The molecule has 0 atom stereocenters. The number of carbonyl (C=O) groups excluding carboxylic acids is 1. The molecule has 0 aliphatic heterocycles. The molecule has 0 fully saturated rings.